The van der Waals surface area contributed by atoms with E-state index < -0.39 is 5.60 Å². The van der Waals surface area contributed by atoms with Gasteiger partial charge in [0, 0.05) is 6.54 Å². The summed E-state index contributed by atoms with van der Waals surface area (Å²) in [7, 11) is 0. The van der Waals surface area contributed by atoms with E-state index in [9.17, 15) is 9.90 Å². The molecule has 106 valence electrons. The number of carbonyl (C=O) groups excluding carboxylic acids is 1. The van der Waals surface area contributed by atoms with Crippen LogP contribution in [0.1, 0.15) is 19.3 Å². The van der Waals surface area contributed by atoms with Crippen molar-refractivity contribution in [3.63, 3.8) is 0 Å². The SMILES string of the molecule is O=C(CSc1nc2ccccc2[nH]1)NCC1(O)CCC1. The summed E-state index contributed by atoms with van der Waals surface area (Å²) in [6, 6.07) is 7.77. The normalized spacial score (nSPS) is 16.9. The lowest BCUT2D eigenvalue weighted by Crippen LogP contribution is -2.48. The van der Waals surface area contributed by atoms with Gasteiger partial charge in [-0.25, -0.2) is 4.98 Å². The summed E-state index contributed by atoms with van der Waals surface area (Å²) in [6.45, 7) is 0.354. The lowest BCUT2D eigenvalue weighted by Gasteiger charge is -2.36. The number of amides is 1. The number of nitrogens with one attached hydrogen (secondary N) is 2. The third-order valence-corrected chi connectivity index (χ3v) is 4.48. The highest BCUT2D eigenvalue weighted by atomic mass is 32.2. The molecule has 2 aromatic rings. The molecule has 1 aromatic heterocycles. The van der Waals surface area contributed by atoms with Crippen LogP contribution in [0.3, 0.4) is 0 Å². The van der Waals surface area contributed by atoms with Crippen LogP contribution in [0, 0.1) is 0 Å². The minimum atomic E-state index is -0.667. The molecule has 0 atom stereocenters. The second kappa shape index (κ2) is 5.46. The van der Waals surface area contributed by atoms with Gasteiger partial charge >= 0.3 is 0 Å². The summed E-state index contributed by atoms with van der Waals surface area (Å²) in [4.78, 5) is 19.3. The predicted molar refractivity (Wildman–Crippen MR) is 78.6 cm³/mol. The Morgan fingerprint density at radius 1 is 1.45 bits per heavy atom. The van der Waals surface area contributed by atoms with Gasteiger partial charge in [0.2, 0.25) is 5.91 Å². The van der Waals surface area contributed by atoms with Gasteiger partial charge in [-0.3, -0.25) is 4.79 Å². The standard InChI is InChI=1S/C14H17N3O2S/c18-12(15-9-14(19)6-3-7-14)8-20-13-16-10-4-1-2-5-11(10)17-13/h1-2,4-5,19H,3,6-9H2,(H,15,18)(H,16,17). The first-order chi connectivity index (χ1) is 9.65. The number of benzene rings is 1. The summed E-state index contributed by atoms with van der Waals surface area (Å²) in [5.41, 5.74) is 1.21. The Labute approximate surface area is 121 Å². The van der Waals surface area contributed by atoms with Crippen LogP contribution >= 0.6 is 11.8 Å². The fourth-order valence-corrected chi connectivity index (χ4v) is 2.92. The van der Waals surface area contributed by atoms with E-state index in [4.69, 9.17) is 0 Å². The maximum atomic E-state index is 11.7. The zero-order chi connectivity index (χ0) is 14.0. The Morgan fingerprint density at radius 2 is 2.25 bits per heavy atom. The number of aromatic nitrogens is 2. The Morgan fingerprint density at radius 3 is 2.95 bits per heavy atom. The van der Waals surface area contributed by atoms with Crippen LogP contribution < -0.4 is 5.32 Å². The maximum Gasteiger partial charge on any atom is 0.230 e. The number of para-hydroxylation sites is 2. The average Bonchev–Trinajstić information content (AvgIpc) is 2.83. The third-order valence-electron chi connectivity index (χ3n) is 3.61. The molecule has 0 aliphatic heterocycles. The van der Waals surface area contributed by atoms with E-state index in [1.54, 1.807) is 0 Å². The molecule has 5 nitrogen and oxygen atoms in total. The first kappa shape index (κ1) is 13.5. The lowest BCUT2D eigenvalue weighted by atomic mass is 9.80. The molecular formula is C14H17N3O2S. The predicted octanol–water partition coefficient (Wildman–Crippen LogP) is 1.69. The first-order valence-corrected chi connectivity index (χ1v) is 7.70. The molecule has 1 aliphatic carbocycles. The quantitative estimate of drug-likeness (QED) is 0.733. The number of nitrogens with zero attached hydrogens (tertiary/aromatic N) is 1. The molecule has 20 heavy (non-hydrogen) atoms. The molecule has 1 amide bonds. The van der Waals surface area contributed by atoms with Crippen molar-refractivity contribution in [1.29, 1.82) is 0 Å². The number of hydrogen-bond acceptors (Lipinski definition) is 4. The smallest absolute Gasteiger partial charge is 0.230 e. The second-order valence-corrected chi connectivity index (χ2v) is 6.17. The summed E-state index contributed by atoms with van der Waals surface area (Å²) in [6.07, 6.45) is 2.61. The van der Waals surface area contributed by atoms with E-state index in [0.29, 0.717) is 12.3 Å². The van der Waals surface area contributed by atoms with Crippen molar-refractivity contribution >= 4 is 28.7 Å². The average molecular weight is 291 g/mol. The molecule has 0 radical (unpaired) electrons. The number of imidazole rings is 1. The number of aliphatic hydroxyl groups is 1. The van der Waals surface area contributed by atoms with Gasteiger partial charge < -0.3 is 15.4 Å². The van der Waals surface area contributed by atoms with E-state index >= 15 is 0 Å². The van der Waals surface area contributed by atoms with E-state index in [-0.39, 0.29) is 5.91 Å². The second-order valence-electron chi connectivity index (χ2n) is 5.20. The Bertz CT molecular complexity index is 589. The Balaban J connectivity index is 1.49. The molecule has 1 aliphatic rings. The van der Waals surface area contributed by atoms with Crippen LogP contribution in [-0.2, 0) is 4.79 Å². The number of carbonyl (C=O) groups is 1. The van der Waals surface area contributed by atoms with Crippen molar-refractivity contribution in [2.75, 3.05) is 12.3 Å². The molecule has 6 heteroatoms. The molecule has 3 N–H and O–H groups in total. The zero-order valence-electron chi connectivity index (χ0n) is 11.1. The third kappa shape index (κ3) is 2.96. The van der Waals surface area contributed by atoms with Crippen molar-refractivity contribution in [2.45, 2.75) is 30.0 Å². The molecule has 0 spiro atoms. The fraction of sp³-hybridized carbons (Fsp3) is 0.429. The fourth-order valence-electron chi connectivity index (χ4n) is 2.21. The maximum absolute atomic E-state index is 11.7. The van der Waals surface area contributed by atoms with Crippen LogP contribution in [0.25, 0.3) is 11.0 Å². The van der Waals surface area contributed by atoms with Crippen LogP contribution in [0.2, 0.25) is 0 Å². The van der Waals surface area contributed by atoms with Crippen molar-refractivity contribution in [1.82, 2.24) is 15.3 Å². The van der Waals surface area contributed by atoms with Crippen LogP contribution in [0.4, 0.5) is 0 Å². The molecule has 0 unspecified atom stereocenters. The van der Waals surface area contributed by atoms with Gasteiger partial charge in [0.05, 0.1) is 22.4 Å². The lowest BCUT2D eigenvalue weighted by molar-refractivity contribution is -0.121. The highest BCUT2D eigenvalue weighted by Gasteiger charge is 2.34. The molecule has 0 bridgehead atoms. The van der Waals surface area contributed by atoms with Crippen molar-refractivity contribution in [3.05, 3.63) is 24.3 Å². The molecule has 1 fully saturated rings. The minimum Gasteiger partial charge on any atom is -0.388 e. The number of thioether (sulfide) groups is 1. The summed E-state index contributed by atoms with van der Waals surface area (Å²) < 4.78 is 0. The molecule has 0 saturated heterocycles. The van der Waals surface area contributed by atoms with E-state index in [1.807, 2.05) is 24.3 Å². The topological polar surface area (TPSA) is 78.0 Å². The molecule has 3 rings (SSSR count). The number of rotatable bonds is 5. The van der Waals surface area contributed by atoms with Gasteiger partial charge in [0.1, 0.15) is 0 Å². The molecule has 1 heterocycles. The van der Waals surface area contributed by atoms with E-state index in [1.165, 1.54) is 11.8 Å². The van der Waals surface area contributed by atoms with Crippen LogP contribution in [0.15, 0.2) is 29.4 Å². The van der Waals surface area contributed by atoms with Gasteiger partial charge in [-0.05, 0) is 31.4 Å². The summed E-state index contributed by atoms with van der Waals surface area (Å²) in [5.74, 6) is 0.228. The number of H-pyrrole nitrogens is 1. The van der Waals surface area contributed by atoms with Gasteiger partial charge in [0.25, 0.3) is 0 Å². The van der Waals surface area contributed by atoms with Gasteiger partial charge in [-0.2, -0.15) is 0 Å². The van der Waals surface area contributed by atoms with Crippen molar-refractivity contribution in [2.24, 2.45) is 0 Å². The Hall–Kier alpha value is -1.53. The Kier molecular flexibility index (Phi) is 3.67. The first-order valence-electron chi connectivity index (χ1n) is 6.71. The zero-order valence-corrected chi connectivity index (χ0v) is 11.9. The van der Waals surface area contributed by atoms with Crippen molar-refractivity contribution in [3.8, 4) is 0 Å². The summed E-state index contributed by atoms with van der Waals surface area (Å²) in [5, 5.41) is 13.4. The molecule has 1 aromatic carbocycles. The van der Waals surface area contributed by atoms with E-state index in [2.05, 4.69) is 15.3 Å². The minimum absolute atomic E-state index is 0.0734. The van der Waals surface area contributed by atoms with Gasteiger partial charge in [0.15, 0.2) is 5.16 Å². The number of hydrogen-bond donors (Lipinski definition) is 3. The van der Waals surface area contributed by atoms with Gasteiger partial charge in [-0.15, -0.1) is 0 Å². The molecule has 1 saturated carbocycles. The largest absolute Gasteiger partial charge is 0.388 e. The van der Waals surface area contributed by atoms with Gasteiger partial charge in [-0.1, -0.05) is 23.9 Å². The van der Waals surface area contributed by atoms with Crippen LogP contribution in [-0.4, -0.2) is 38.9 Å². The highest BCUT2D eigenvalue weighted by molar-refractivity contribution is 7.99. The van der Waals surface area contributed by atoms with E-state index in [0.717, 1.165) is 35.5 Å². The monoisotopic (exact) mass is 291 g/mol. The van der Waals surface area contributed by atoms with Crippen LogP contribution in [0.5, 0.6) is 0 Å². The molecular weight excluding hydrogens is 274 g/mol. The number of fused-ring (bicyclic) bond motifs is 1. The number of aromatic amines is 1. The highest BCUT2D eigenvalue weighted by Crippen LogP contribution is 2.30. The van der Waals surface area contributed by atoms with Crippen molar-refractivity contribution < 1.29 is 9.90 Å². The summed E-state index contributed by atoms with van der Waals surface area (Å²) >= 11 is 1.37.